The smallest absolute Gasteiger partial charge is 0.285 e. The average Bonchev–Trinajstić information content (AvgIpc) is 3.36. The van der Waals surface area contributed by atoms with E-state index in [2.05, 4.69) is 15.0 Å². The molecule has 0 aliphatic heterocycles. The minimum atomic E-state index is -4.55. The second-order valence-corrected chi connectivity index (χ2v) is 8.99. The lowest BCUT2D eigenvalue weighted by Gasteiger charge is -2.17. The van der Waals surface area contributed by atoms with Crippen LogP contribution in [-0.4, -0.2) is 19.5 Å². The van der Waals surface area contributed by atoms with E-state index in [0.29, 0.717) is 16.8 Å². The maximum Gasteiger partial charge on any atom is 0.418 e. The Hall–Kier alpha value is -3.62. The summed E-state index contributed by atoms with van der Waals surface area (Å²) in [5.41, 5.74) is 1.59. The van der Waals surface area contributed by atoms with Crippen LogP contribution in [0, 0.1) is 19.7 Å². The maximum absolute atomic E-state index is 13.4. The Bertz CT molecular complexity index is 1410. The first-order valence-electron chi connectivity index (χ1n) is 11.7. The van der Waals surface area contributed by atoms with Crippen LogP contribution in [0.2, 0.25) is 0 Å². The zero-order chi connectivity index (χ0) is 25.9. The van der Waals surface area contributed by atoms with Crippen LogP contribution in [0.5, 0.6) is 0 Å². The molecule has 0 unspecified atom stereocenters. The Labute approximate surface area is 205 Å². The molecule has 3 aromatic heterocycles. The highest BCUT2D eigenvalue weighted by atomic mass is 19.4. The van der Waals surface area contributed by atoms with E-state index in [1.54, 1.807) is 25.3 Å². The molecule has 9 heteroatoms. The van der Waals surface area contributed by atoms with Gasteiger partial charge in [0.15, 0.2) is 5.65 Å². The Morgan fingerprint density at radius 2 is 1.78 bits per heavy atom. The highest BCUT2D eigenvalue weighted by Crippen LogP contribution is 2.34. The van der Waals surface area contributed by atoms with Crippen molar-refractivity contribution in [2.75, 3.05) is 0 Å². The summed E-state index contributed by atoms with van der Waals surface area (Å²) in [7, 11) is 0. The molecule has 1 aromatic carbocycles. The standard InChI is InChI=1S/C20H19F3N4O.C7H7F/c1-12-10-25-16-9-14(13-5-2-3-6-13)19(28)27(18(16)26-12)11-17-15(20(21,22)23)7-4-8-24-17;1-6-3-2-4-7(8)5-6/h4,7-10,13H,2-3,5-6,11H2,1H3;2-5H,1H3. The van der Waals surface area contributed by atoms with Gasteiger partial charge in [0.25, 0.3) is 5.56 Å². The molecule has 0 N–H and O–H groups in total. The Morgan fingerprint density at radius 3 is 2.42 bits per heavy atom. The summed E-state index contributed by atoms with van der Waals surface area (Å²) >= 11 is 0. The van der Waals surface area contributed by atoms with E-state index in [-0.39, 0.29) is 35.2 Å². The molecule has 0 saturated heterocycles. The molecule has 3 heterocycles. The number of aromatic nitrogens is 4. The molecular formula is C27H26F4N4O. The molecule has 5 rings (SSSR count). The van der Waals surface area contributed by atoms with E-state index in [1.165, 1.54) is 29.0 Å². The lowest BCUT2D eigenvalue weighted by molar-refractivity contribution is -0.138. The van der Waals surface area contributed by atoms with E-state index in [4.69, 9.17) is 0 Å². The van der Waals surface area contributed by atoms with Crippen molar-refractivity contribution in [3.63, 3.8) is 0 Å². The Balaban J connectivity index is 0.000000325. The van der Waals surface area contributed by atoms with E-state index in [1.807, 2.05) is 13.0 Å². The normalized spacial score (nSPS) is 14.1. The molecule has 4 aromatic rings. The molecule has 188 valence electrons. The van der Waals surface area contributed by atoms with E-state index in [0.717, 1.165) is 37.3 Å². The number of aryl methyl sites for hydroxylation is 2. The Morgan fingerprint density at radius 1 is 1.03 bits per heavy atom. The molecule has 0 spiro atoms. The number of pyridine rings is 2. The van der Waals surface area contributed by atoms with Crippen molar-refractivity contribution in [1.29, 1.82) is 0 Å². The van der Waals surface area contributed by atoms with Gasteiger partial charge in [-0.3, -0.25) is 19.3 Å². The molecule has 0 bridgehead atoms. The number of halogens is 4. The van der Waals surface area contributed by atoms with Gasteiger partial charge in [0.05, 0.1) is 23.5 Å². The average molecular weight is 499 g/mol. The summed E-state index contributed by atoms with van der Waals surface area (Å²) in [5, 5.41) is 0. The fourth-order valence-corrected chi connectivity index (χ4v) is 4.49. The van der Waals surface area contributed by atoms with Crippen molar-refractivity contribution in [1.82, 2.24) is 19.5 Å². The third kappa shape index (κ3) is 5.78. The van der Waals surface area contributed by atoms with Crippen LogP contribution in [0.15, 0.2) is 59.7 Å². The summed E-state index contributed by atoms with van der Waals surface area (Å²) < 4.78 is 53.7. The quantitative estimate of drug-likeness (QED) is 0.309. The molecule has 1 fully saturated rings. The second-order valence-electron chi connectivity index (χ2n) is 8.99. The maximum atomic E-state index is 13.4. The molecule has 0 atom stereocenters. The van der Waals surface area contributed by atoms with E-state index in [9.17, 15) is 22.4 Å². The van der Waals surface area contributed by atoms with Crippen molar-refractivity contribution < 1.29 is 17.6 Å². The van der Waals surface area contributed by atoms with E-state index < -0.39 is 11.7 Å². The zero-order valence-corrected chi connectivity index (χ0v) is 20.0. The van der Waals surface area contributed by atoms with Crippen molar-refractivity contribution in [2.45, 2.75) is 58.2 Å². The van der Waals surface area contributed by atoms with Gasteiger partial charge in [-0.2, -0.15) is 13.2 Å². The summed E-state index contributed by atoms with van der Waals surface area (Å²) in [5.74, 6) is -0.0536. The molecule has 5 nitrogen and oxygen atoms in total. The van der Waals surface area contributed by atoms with Gasteiger partial charge < -0.3 is 0 Å². The minimum absolute atomic E-state index is 0.108. The number of benzene rings is 1. The van der Waals surface area contributed by atoms with Gasteiger partial charge in [-0.1, -0.05) is 25.0 Å². The topological polar surface area (TPSA) is 60.7 Å². The van der Waals surface area contributed by atoms with Gasteiger partial charge in [-0.05, 0) is 68.5 Å². The summed E-state index contributed by atoms with van der Waals surface area (Å²) in [6, 6.07) is 10.5. The fourth-order valence-electron chi connectivity index (χ4n) is 4.49. The van der Waals surface area contributed by atoms with Crippen LogP contribution >= 0.6 is 0 Å². The number of alkyl halides is 3. The fraction of sp³-hybridized carbons (Fsp3) is 0.333. The molecule has 36 heavy (non-hydrogen) atoms. The van der Waals surface area contributed by atoms with Crippen molar-refractivity contribution in [3.8, 4) is 0 Å². The summed E-state index contributed by atoms with van der Waals surface area (Å²) in [4.78, 5) is 25.9. The number of hydrogen-bond donors (Lipinski definition) is 0. The van der Waals surface area contributed by atoms with Crippen LogP contribution in [0.1, 0.15) is 59.7 Å². The van der Waals surface area contributed by atoms with E-state index >= 15 is 0 Å². The summed E-state index contributed by atoms with van der Waals surface area (Å²) in [6.07, 6.45) is 2.23. The van der Waals surface area contributed by atoms with Gasteiger partial charge in [-0.25, -0.2) is 9.37 Å². The second kappa shape index (κ2) is 10.6. The molecule has 0 amide bonds. The third-order valence-corrected chi connectivity index (χ3v) is 6.22. The predicted molar refractivity (Wildman–Crippen MR) is 129 cm³/mol. The molecular weight excluding hydrogens is 472 g/mol. The third-order valence-electron chi connectivity index (χ3n) is 6.22. The molecule has 1 saturated carbocycles. The van der Waals surface area contributed by atoms with Crippen LogP contribution in [-0.2, 0) is 12.7 Å². The van der Waals surface area contributed by atoms with Gasteiger partial charge in [-0.15, -0.1) is 0 Å². The lowest BCUT2D eigenvalue weighted by atomic mass is 9.98. The van der Waals surface area contributed by atoms with Crippen LogP contribution in [0.4, 0.5) is 17.6 Å². The van der Waals surface area contributed by atoms with Crippen LogP contribution < -0.4 is 5.56 Å². The van der Waals surface area contributed by atoms with Gasteiger partial charge in [0.1, 0.15) is 11.3 Å². The SMILES string of the molecule is Cc1cccc(F)c1.Cc1cnc2cc(C3CCCC3)c(=O)n(Cc3ncccc3C(F)(F)F)c2n1. The predicted octanol–water partition coefficient (Wildman–Crippen LogP) is 6.35. The first-order valence-corrected chi connectivity index (χ1v) is 11.7. The highest BCUT2D eigenvalue weighted by molar-refractivity contribution is 5.71. The largest absolute Gasteiger partial charge is 0.418 e. The molecule has 1 aliphatic carbocycles. The first kappa shape index (κ1) is 25.5. The Kier molecular flexibility index (Phi) is 7.47. The molecule has 0 radical (unpaired) electrons. The van der Waals surface area contributed by atoms with Crippen molar-refractivity contribution >= 4 is 11.2 Å². The van der Waals surface area contributed by atoms with Crippen LogP contribution in [0.3, 0.4) is 0 Å². The van der Waals surface area contributed by atoms with Gasteiger partial charge >= 0.3 is 6.18 Å². The number of rotatable bonds is 3. The highest BCUT2D eigenvalue weighted by Gasteiger charge is 2.34. The molecule has 1 aliphatic rings. The lowest BCUT2D eigenvalue weighted by Crippen LogP contribution is -2.28. The number of hydrogen-bond acceptors (Lipinski definition) is 4. The van der Waals surface area contributed by atoms with Gasteiger partial charge in [0, 0.05) is 18.0 Å². The first-order chi connectivity index (χ1) is 17.1. The minimum Gasteiger partial charge on any atom is -0.285 e. The zero-order valence-electron chi connectivity index (χ0n) is 20.0. The van der Waals surface area contributed by atoms with Gasteiger partial charge in [0.2, 0.25) is 0 Å². The number of fused-ring (bicyclic) bond motifs is 1. The van der Waals surface area contributed by atoms with Crippen molar-refractivity contribution in [3.05, 3.63) is 99.1 Å². The van der Waals surface area contributed by atoms with Crippen LogP contribution in [0.25, 0.3) is 11.2 Å². The monoisotopic (exact) mass is 498 g/mol. The van der Waals surface area contributed by atoms with Crippen molar-refractivity contribution in [2.24, 2.45) is 0 Å². The summed E-state index contributed by atoms with van der Waals surface area (Å²) in [6.45, 7) is 3.29. The number of nitrogens with zero attached hydrogens (tertiary/aromatic N) is 4.